The lowest BCUT2D eigenvalue weighted by molar-refractivity contribution is -0.113. The summed E-state index contributed by atoms with van der Waals surface area (Å²) in [6, 6.07) is 6.26. The van der Waals surface area contributed by atoms with Crippen molar-refractivity contribution in [2.24, 2.45) is 0 Å². The number of thioether (sulfide) groups is 1. The fourth-order valence-electron chi connectivity index (χ4n) is 1.42. The van der Waals surface area contributed by atoms with Crippen molar-refractivity contribution in [2.75, 3.05) is 25.2 Å². The van der Waals surface area contributed by atoms with Crippen molar-refractivity contribution in [3.05, 3.63) is 24.3 Å². The average Bonchev–Trinajstić information content (AvgIpc) is 2.35. The molecule has 1 aromatic rings. The van der Waals surface area contributed by atoms with Crippen LogP contribution >= 0.6 is 11.8 Å². The van der Waals surface area contributed by atoms with Crippen LogP contribution in [0.5, 0.6) is 0 Å². The molecule has 0 heterocycles. The molecule has 0 aliphatic carbocycles. The Balaban J connectivity index is 2.81. The Kier molecular flexibility index (Phi) is 5.83. The van der Waals surface area contributed by atoms with Crippen molar-refractivity contribution >= 4 is 33.4 Å². The fourth-order valence-corrected chi connectivity index (χ4v) is 3.01. The molecule has 118 valence electrons. The van der Waals surface area contributed by atoms with E-state index in [-0.39, 0.29) is 15.5 Å². The van der Waals surface area contributed by atoms with E-state index >= 15 is 0 Å². The predicted octanol–water partition coefficient (Wildman–Crippen LogP) is 2.41. The second-order valence-electron chi connectivity index (χ2n) is 5.76. The molecule has 1 amide bonds. The van der Waals surface area contributed by atoms with Crippen molar-refractivity contribution in [3.63, 3.8) is 0 Å². The van der Waals surface area contributed by atoms with Crippen LogP contribution in [0, 0.1) is 0 Å². The molecule has 21 heavy (non-hydrogen) atoms. The van der Waals surface area contributed by atoms with Gasteiger partial charge in [0, 0.05) is 24.5 Å². The van der Waals surface area contributed by atoms with Gasteiger partial charge < -0.3 is 5.32 Å². The summed E-state index contributed by atoms with van der Waals surface area (Å²) in [7, 11) is -0.548. The van der Waals surface area contributed by atoms with E-state index in [1.807, 2.05) is 20.8 Å². The van der Waals surface area contributed by atoms with Gasteiger partial charge >= 0.3 is 0 Å². The number of benzene rings is 1. The zero-order valence-corrected chi connectivity index (χ0v) is 14.6. The average molecular weight is 330 g/mol. The molecule has 0 aliphatic rings. The molecule has 1 N–H and O–H groups in total. The molecule has 0 spiro atoms. The molecule has 1 rings (SSSR count). The van der Waals surface area contributed by atoms with E-state index in [1.165, 1.54) is 38.0 Å². The van der Waals surface area contributed by atoms with E-state index in [1.54, 1.807) is 12.1 Å². The van der Waals surface area contributed by atoms with Crippen molar-refractivity contribution < 1.29 is 13.2 Å². The lowest BCUT2D eigenvalue weighted by Gasteiger charge is -2.17. The van der Waals surface area contributed by atoms with Crippen LogP contribution in [0.3, 0.4) is 0 Å². The summed E-state index contributed by atoms with van der Waals surface area (Å²) in [5, 5.41) is 2.72. The van der Waals surface area contributed by atoms with Gasteiger partial charge in [0.1, 0.15) is 0 Å². The number of nitrogens with one attached hydrogen (secondary N) is 1. The van der Waals surface area contributed by atoms with Crippen LogP contribution in [0.2, 0.25) is 0 Å². The number of sulfonamides is 1. The molecule has 0 radical (unpaired) electrons. The van der Waals surface area contributed by atoms with Gasteiger partial charge in [0.25, 0.3) is 0 Å². The van der Waals surface area contributed by atoms with Gasteiger partial charge in [-0.15, -0.1) is 11.8 Å². The molecule has 0 unspecified atom stereocenters. The molecular weight excluding hydrogens is 308 g/mol. The van der Waals surface area contributed by atoms with Crippen molar-refractivity contribution in [1.82, 2.24) is 4.31 Å². The highest BCUT2D eigenvalue weighted by Crippen LogP contribution is 2.23. The Hall–Kier alpha value is -1.05. The number of hydrogen-bond acceptors (Lipinski definition) is 4. The Morgan fingerprint density at radius 2 is 1.90 bits per heavy atom. The summed E-state index contributed by atoms with van der Waals surface area (Å²) in [6.07, 6.45) is 0. The lowest BCUT2D eigenvalue weighted by Crippen LogP contribution is -2.22. The first-order chi connectivity index (χ1) is 9.52. The van der Waals surface area contributed by atoms with Crippen LogP contribution in [0.4, 0.5) is 5.69 Å². The zero-order valence-electron chi connectivity index (χ0n) is 13.0. The normalized spacial score (nSPS) is 12.5. The molecule has 5 nitrogen and oxygen atoms in total. The van der Waals surface area contributed by atoms with Gasteiger partial charge in [-0.25, -0.2) is 12.7 Å². The number of carbonyl (C=O) groups excluding carboxylic acids is 1. The summed E-state index contributed by atoms with van der Waals surface area (Å²) in [5.74, 6) is 0.183. The third-order valence-corrected chi connectivity index (χ3v) is 5.62. The first-order valence-electron chi connectivity index (χ1n) is 6.49. The number of carbonyl (C=O) groups is 1. The van der Waals surface area contributed by atoms with Crippen LogP contribution in [-0.4, -0.2) is 43.2 Å². The monoisotopic (exact) mass is 330 g/mol. The molecule has 0 fully saturated rings. The minimum absolute atomic E-state index is 0.00739. The highest BCUT2D eigenvalue weighted by atomic mass is 32.2. The second kappa shape index (κ2) is 6.81. The molecule has 0 saturated carbocycles. The maximum Gasteiger partial charge on any atom is 0.242 e. The van der Waals surface area contributed by atoms with Gasteiger partial charge in [0.2, 0.25) is 15.9 Å². The van der Waals surface area contributed by atoms with Crippen LogP contribution in [-0.2, 0) is 14.8 Å². The van der Waals surface area contributed by atoms with E-state index in [0.29, 0.717) is 11.4 Å². The SMILES string of the molecule is CN(C)S(=O)(=O)c1cccc(NC(=O)CSC(C)(C)C)c1. The quantitative estimate of drug-likeness (QED) is 0.900. The number of rotatable bonds is 5. The Morgan fingerprint density at radius 1 is 1.29 bits per heavy atom. The zero-order chi connectivity index (χ0) is 16.3. The summed E-state index contributed by atoms with van der Waals surface area (Å²) in [6.45, 7) is 6.11. The molecule has 0 atom stereocenters. The standard InChI is InChI=1S/C14H22N2O3S2/c1-14(2,3)20-10-13(17)15-11-7-6-8-12(9-11)21(18,19)16(4)5/h6-9H,10H2,1-5H3,(H,15,17). The largest absolute Gasteiger partial charge is 0.325 e. The summed E-state index contributed by atoms with van der Waals surface area (Å²) in [5.41, 5.74) is 0.484. The van der Waals surface area contributed by atoms with Crippen LogP contribution in [0.1, 0.15) is 20.8 Å². The second-order valence-corrected chi connectivity index (χ2v) is 9.72. The van der Waals surface area contributed by atoms with Gasteiger partial charge in [0.15, 0.2) is 0 Å². The van der Waals surface area contributed by atoms with Crippen LogP contribution < -0.4 is 5.32 Å². The summed E-state index contributed by atoms with van der Waals surface area (Å²) >= 11 is 1.54. The van der Waals surface area contributed by atoms with Gasteiger partial charge in [-0.05, 0) is 18.2 Å². The molecule has 0 bridgehead atoms. The summed E-state index contributed by atoms with van der Waals surface area (Å²) < 4.78 is 25.2. The third-order valence-electron chi connectivity index (χ3n) is 2.53. The van der Waals surface area contributed by atoms with E-state index < -0.39 is 10.0 Å². The first kappa shape index (κ1) is 18.0. The first-order valence-corrected chi connectivity index (χ1v) is 8.91. The van der Waals surface area contributed by atoms with E-state index in [0.717, 1.165) is 4.31 Å². The highest BCUT2D eigenvalue weighted by Gasteiger charge is 2.18. The topological polar surface area (TPSA) is 66.5 Å². The van der Waals surface area contributed by atoms with Crippen molar-refractivity contribution in [1.29, 1.82) is 0 Å². The lowest BCUT2D eigenvalue weighted by atomic mass is 10.3. The molecule has 0 aliphatic heterocycles. The van der Waals surface area contributed by atoms with Crippen LogP contribution in [0.25, 0.3) is 0 Å². The van der Waals surface area contributed by atoms with Crippen molar-refractivity contribution in [3.8, 4) is 0 Å². The number of hydrogen-bond donors (Lipinski definition) is 1. The molecule has 0 saturated heterocycles. The Morgan fingerprint density at radius 3 is 2.43 bits per heavy atom. The number of anilines is 1. The Bertz CT molecular complexity index is 605. The highest BCUT2D eigenvalue weighted by molar-refractivity contribution is 8.01. The van der Waals surface area contributed by atoms with Gasteiger partial charge in [-0.2, -0.15) is 0 Å². The minimum atomic E-state index is -3.49. The fraction of sp³-hybridized carbons (Fsp3) is 0.500. The van der Waals surface area contributed by atoms with Gasteiger partial charge in [-0.3, -0.25) is 4.79 Å². The number of nitrogens with zero attached hydrogens (tertiary/aromatic N) is 1. The molecule has 0 aromatic heterocycles. The van der Waals surface area contributed by atoms with Gasteiger partial charge in [-0.1, -0.05) is 26.8 Å². The number of amides is 1. The predicted molar refractivity (Wildman–Crippen MR) is 88.2 cm³/mol. The van der Waals surface area contributed by atoms with E-state index in [4.69, 9.17) is 0 Å². The molecule has 1 aromatic carbocycles. The Labute approximate surface area is 131 Å². The maximum atomic E-state index is 12.0. The van der Waals surface area contributed by atoms with Gasteiger partial charge in [0.05, 0.1) is 10.6 Å². The van der Waals surface area contributed by atoms with E-state index in [2.05, 4.69) is 5.32 Å². The molecule has 7 heteroatoms. The third kappa shape index (κ3) is 5.68. The molecular formula is C14H22N2O3S2. The maximum absolute atomic E-state index is 12.0. The van der Waals surface area contributed by atoms with E-state index in [9.17, 15) is 13.2 Å². The minimum Gasteiger partial charge on any atom is -0.325 e. The smallest absolute Gasteiger partial charge is 0.242 e. The van der Waals surface area contributed by atoms with Crippen LogP contribution in [0.15, 0.2) is 29.2 Å². The summed E-state index contributed by atoms with van der Waals surface area (Å²) in [4.78, 5) is 12.0. The van der Waals surface area contributed by atoms with Crippen molar-refractivity contribution in [2.45, 2.75) is 30.4 Å².